The van der Waals surface area contributed by atoms with Crippen LogP contribution in [0.4, 0.5) is 20.2 Å². The molecule has 2 aromatic rings. The Labute approximate surface area is 114 Å². The van der Waals surface area contributed by atoms with Crippen LogP contribution in [0.25, 0.3) is 0 Å². The molecule has 1 amide bonds. The molecule has 5 heteroatoms. The molecule has 1 atom stereocenters. The molecule has 0 spiro atoms. The second kappa shape index (κ2) is 4.59. The van der Waals surface area contributed by atoms with E-state index < -0.39 is 11.9 Å². The summed E-state index contributed by atoms with van der Waals surface area (Å²) < 4.78 is 26.8. The van der Waals surface area contributed by atoms with Gasteiger partial charge >= 0.3 is 0 Å². The minimum absolute atomic E-state index is 0.286. The van der Waals surface area contributed by atoms with Crippen molar-refractivity contribution < 1.29 is 13.6 Å². The topological polar surface area (TPSA) is 41.1 Å². The average Bonchev–Trinajstić information content (AvgIpc) is 2.70. The summed E-state index contributed by atoms with van der Waals surface area (Å²) in [7, 11) is 0. The van der Waals surface area contributed by atoms with Gasteiger partial charge in [-0.1, -0.05) is 6.07 Å². The number of halogens is 2. The normalized spacial score (nSPS) is 16.8. The van der Waals surface area contributed by atoms with Gasteiger partial charge in [0.05, 0.1) is 0 Å². The number of nitrogens with one attached hydrogen (secondary N) is 2. The molecule has 2 aromatic carbocycles. The number of benzene rings is 2. The minimum Gasteiger partial charge on any atom is -0.370 e. The first kappa shape index (κ1) is 12.6. The Morgan fingerprint density at radius 1 is 1.15 bits per heavy atom. The van der Waals surface area contributed by atoms with Crippen LogP contribution in [0.1, 0.15) is 17.2 Å². The monoisotopic (exact) mass is 274 g/mol. The van der Waals surface area contributed by atoms with Crippen molar-refractivity contribution in [1.29, 1.82) is 0 Å². The number of hydrogen-bond donors (Lipinski definition) is 2. The van der Waals surface area contributed by atoms with E-state index in [0.29, 0.717) is 22.5 Å². The van der Waals surface area contributed by atoms with E-state index in [0.717, 1.165) is 0 Å². The summed E-state index contributed by atoms with van der Waals surface area (Å²) in [6.45, 7) is 1.66. The Kier molecular flexibility index (Phi) is 2.89. The number of carbonyl (C=O) groups excluding carboxylic acids is 1. The van der Waals surface area contributed by atoms with Gasteiger partial charge in [0.15, 0.2) is 0 Å². The van der Waals surface area contributed by atoms with Crippen molar-refractivity contribution in [2.24, 2.45) is 0 Å². The lowest BCUT2D eigenvalue weighted by Crippen LogP contribution is -2.19. The summed E-state index contributed by atoms with van der Waals surface area (Å²) >= 11 is 0. The quantitative estimate of drug-likeness (QED) is 0.881. The molecule has 3 rings (SSSR count). The average molecular weight is 274 g/mol. The van der Waals surface area contributed by atoms with Crippen LogP contribution in [-0.4, -0.2) is 5.91 Å². The molecule has 2 N–H and O–H groups in total. The number of carbonyl (C=O) groups is 1. The largest absolute Gasteiger partial charge is 0.370 e. The molecule has 20 heavy (non-hydrogen) atoms. The Bertz CT molecular complexity index is 700. The number of rotatable bonds is 2. The Morgan fingerprint density at radius 2 is 1.95 bits per heavy atom. The minimum atomic E-state index is -0.720. The summed E-state index contributed by atoms with van der Waals surface area (Å²) in [6.07, 6.45) is 0. The Morgan fingerprint density at radius 3 is 2.70 bits per heavy atom. The second-order valence-electron chi connectivity index (χ2n) is 4.76. The molecule has 0 saturated heterocycles. The standard InChI is InChI=1S/C15H12F2N2O/c1-8-2-4-10(7-12(8)17)18-14-11-6-9(16)3-5-13(11)19-15(14)20/h2-7,14,18H,1H3,(H,19,20). The van der Waals surface area contributed by atoms with Crippen molar-refractivity contribution in [2.75, 3.05) is 10.6 Å². The van der Waals surface area contributed by atoms with Crippen LogP contribution in [0.5, 0.6) is 0 Å². The third-order valence-electron chi connectivity index (χ3n) is 3.33. The Balaban J connectivity index is 1.93. The van der Waals surface area contributed by atoms with E-state index in [4.69, 9.17) is 0 Å². The van der Waals surface area contributed by atoms with Gasteiger partial charge in [0.1, 0.15) is 17.7 Å². The molecule has 1 unspecified atom stereocenters. The molecule has 0 aliphatic carbocycles. The van der Waals surface area contributed by atoms with Crippen LogP contribution in [0.3, 0.4) is 0 Å². The molecule has 0 aromatic heterocycles. The predicted molar refractivity (Wildman–Crippen MR) is 72.5 cm³/mol. The van der Waals surface area contributed by atoms with Crippen LogP contribution in [0.2, 0.25) is 0 Å². The van der Waals surface area contributed by atoms with Crippen molar-refractivity contribution in [2.45, 2.75) is 13.0 Å². The number of anilines is 2. The lowest BCUT2D eigenvalue weighted by molar-refractivity contribution is -0.116. The maximum absolute atomic E-state index is 13.5. The van der Waals surface area contributed by atoms with Gasteiger partial charge in [-0.3, -0.25) is 4.79 Å². The van der Waals surface area contributed by atoms with E-state index in [-0.39, 0.29) is 11.7 Å². The molecule has 0 fully saturated rings. The van der Waals surface area contributed by atoms with Crippen LogP contribution < -0.4 is 10.6 Å². The zero-order valence-electron chi connectivity index (χ0n) is 10.7. The summed E-state index contributed by atoms with van der Waals surface area (Å²) in [6, 6.07) is 8.00. The van der Waals surface area contributed by atoms with Crippen molar-refractivity contribution in [3.05, 3.63) is 59.2 Å². The molecule has 1 aliphatic rings. The zero-order chi connectivity index (χ0) is 14.3. The summed E-state index contributed by atoms with van der Waals surface area (Å²) in [5.41, 5.74) is 2.10. The first-order valence-corrected chi connectivity index (χ1v) is 6.17. The van der Waals surface area contributed by atoms with E-state index >= 15 is 0 Å². The lowest BCUT2D eigenvalue weighted by Gasteiger charge is -2.13. The Hall–Kier alpha value is -2.43. The summed E-state index contributed by atoms with van der Waals surface area (Å²) in [5, 5.41) is 5.58. The highest BCUT2D eigenvalue weighted by Gasteiger charge is 2.30. The fraction of sp³-hybridized carbons (Fsp3) is 0.133. The number of aryl methyl sites for hydroxylation is 1. The molecule has 3 nitrogen and oxygen atoms in total. The van der Waals surface area contributed by atoms with Crippen LogP contribution in [0, 0.1) is 18.6 Å². The van der Waals surface area contributed by atoms with Crippen molar-refractivity contribution in [3.8, 4) is 0 Å². The van der Waals surface area contributed by atoms with Crippen molar-refractivity contribution in [1.82, 2.24) is 0 Å². The number of fused-ring (bicyclic) bond motifs is 1. The maximum atomic E-state index is 13.5. The molecule has 1 aliphatic heterocycles. The van der Waals surface area contributed by atoms with Gasteiger partial charge in [-0.05, 0) is 42.8 Å². The molecular weight excluding hydrogens is 262 g/mol. The molecular formula is C15H12F2N2O. The van der Waals surface area contributed by atoms with Crippen molar-refractivity contribution in [3.63, 3.8) is 0 Å². The van der Waals surface area contributed by atoms with E-state index in [9.17, 15) is 13.6 Å². The third kappa shape index (κ3) is 2.11. The molecule has 1 heterocycles. The smallest absolute Gasteiger partial charge is 0.251 e. The maximum Gasteiger partial charge on any atom is 0.251 e. The SMILES string of the molecule is Cc1ccc(NC2C(=O)Nc3ccc(F)cc32)cc1F. The second-order valence-corrected chi connectivity index (χ2v) is 4.76. The highest BCUT2D eigenvalue weighted by Crippen LogP contribution is 2.33. The highest BCUT2D eigenvalue weighted by atomic mass is 19.1. The van der Waals surface area contributed by atoms with Gasteiger partial charge in [0, 0.05) is 16.9 Å². The van der Waals surface area contributed by atoms with E-state index in [1.54, 1.807) is 19.1 Å². The first-order valence-electron chi connectivity index (χ1n) is 6.17. The van der Waals surface area contributed by atoms with Crippen molar-refractivity contribution >= 4 is 17.3 Å². The van der Waals surface area contributed by atoms with Gasteiger partial charge in [-0.15, -0.1) is 0 Å². The molecule has 102 valence electrons. The fourth-order valence-corrected chi connectivity index (χ4v) is 2.22. The lowest BCUT2D eigenvalue weighted by atomic mass is 10.1. The predicted octanol–water partition coefficient (Wildman–Crippen LogP) is 3.38. The van der Waals surface area contributed by atoms with Gasteiger partial charge in [0.25, 0.3) is 5.91 Å². The van der Waals surface area contributed by atoms with E-state index in [1.165, 1.54) is 24.3 Å². The third-order valence-corrected chi connectivity index (χ3v) is 3.33. The van der Waals surface area contributed by atoms with Gasteiger partial charge in [-0.25, -0.2) is 8.78 Å². The van der Waals surface area contributed by atoms with Gasteiger partial charge in [0.2, 0.25) is 0 Å². The van der Waals surface area contributed by atoms with Crippen LogP contribution in [-0.2, 0) is 4.79 Å². The summed E-state index contributed by atoms with van der Waals surface area (Å²) in [5.74, 6) is -1.05. The van der Waals surface area contributed by atoms with E-state index in [2.05, 4.69) is 10.6 Å². The molecule has 0 bridgehead atoms. The molecule has 0 radical (unpaired) electrons. The first-order chi connectivity index (χ1) is 9.54. The number of amides is 1. The fourth-order valence-electron chi connectivity index (χ4n) is 2.22. The highest BCUT2D eigenvalue weighted by molar-refractivity contribution is 6.04. The summed E-state index contributed by atoms with van der Waals surface area (Å²) in [4.78, 5) is 11.9. The molecule has 0 saturated carbocycles. The van der Waals surface area contributed by atoms with Gasteiger partial charge in [-0.2, -0.15) is 0 Å². The van der Waals surface area contributed by atoms with Gasteiger partial charge < -0.3 is 10.6 Å². The van der Waals surface area contributed by atoms with Crippen LogP contribution in [0.15, 0.2) is 36.4 Å². The zero-order valence-corrected chi connectivity index (χ0v) is 10.7. The van der Waals surface area contributed by atoms with E-state index in [1.807, 2.05) is 0 Å². The van der Waals surface area contributed by atoms with Crippen LogP contribution >= 0.6 is 0 Å². The number of hydrogen-bond acceptors (Lipinski definition) is 2.